The van der Waals surface area contributed by atoms with E-state index in [1.165, 1.54) is 17.1 Å². The maximum atomic E-state index is 11.3. The van der Waals surface area contributed by atoms with Gasteiger partial charge in [-0.3, -0.25) is 24.7 Å². The lowest BCUT2D eigenvalue weighted by Gasteiger charge is -2.12. The van der Waals surface area contributed by atoms with Crippen LogP contribution in [0.4, 0.5) is 0 Å². The van der Waals surface area contributed by atoms with Crippen LogP contribution >= 0.6 is 12.4 Å². The van der Waals surface area contributed by atoms with Gasteiger partial charge in [-0.1, -0.05) is 38.5 Å². The molecular weight excluding hydrogens is 306 g/mol. The summed E-state index contributed by atoms with van der Waals surface area (Å²) in [5.74, 6) is 4.51. The average Bonchev–Trinajstić information content (AvgIpc) is 2.80. The Morgan fingerprint density at radius 1 is 0.909 bits per heavy atom. The Labute approximate surface area is 137 Å². The van der Waals surface area contributed by atoms with Crippen molar-refractivity contribution in [3.05, 3.63) is 12.2 Å². The molecule has 0 radical (unpaired) electrons. The Morgan fingerprint density at radius 2 is 1.36 bits per heavy atom. The van der Waals surface area contributed by atoms with Crippen molar-refractivity contribution in [3.63, 3.8) is 0 Å². The van der Waals surface area contributed by atoms with Gasteiger partial charge < -0.3 is 0 Å². The van der Waals surface area contributed by atoms with Gasteiger partial charge in [0.15, 0.2) is 0 Å². The van der Waals surface area contributed by atoms with Gasteiger partial charge in [-0.25, -0.2) is 5.84 Å². The third-order valence-corrected chi connectivity index (χ3v) is 3.60. The maximum Gasteiger partial charge on any atom is 0.253 e. The second-order valence-corrected chi connectivity index (χ2v) is 5.31. The predicted molar refractivity (Wildman–Crippen MR) is 87.0 cm³/mol. The van der Waals surface area contributed by atoms with Crippen molar-refractivity contribution >= 4 is 30.1 Å². The number of nitrogens with zero attached hydrogens (tertiary/aromatic N) is 1. The van der Waals surface area contributed by atoms with E-state index in [0.717, 1.165) is 51.4 Å². The van der Waals surface area contributed by atoms with Gasteiger partial charge in [0, 0.05) is 25.1 Å². The van der Waals surface area contributed by atoms with E-state index in [-0.39, 0.29) is 30.1 Å². The molecular formula is C15H26ClN3O3. The van der Waals surface area contributed by atoms with Gasteiger partial charge in [-0.15, -0.1) is 12.4 Å². The van der Waals surface area contributed by atoms with E-state index >= 15 is 0 Å². The first-order valence-corrected chi connectivity index (χ1v) is 7.68. The molecule has 1 heterocycles. The van der Waals surface area contributed by atoms with Crippen LogP contribution in [-0.4, -0.2) is 29.2 Å². The molecule has 22 heavy (non-hydrogen) atoms. The molecule has 0 aromatic heterocycles. The van der Waals surface area contributed by atoms with E-state index in [4.69, 9.17) is 5.84 Å². The SMILES string of the molecule is Cl.NNC(=O)CCCCCCCCCCN1C(=O)C=CC1=O. The first kappa shape index (κ1) is 20.6. The monoisotopic (exact) mass is 331 g/mol. The Balaban J connectivity index is 0.00000441. The lowest BCUT2D eigenvalue weighted by atomic mass is 10.1. The molecule has 0 saturated heterocycles. The van der Waals surface area contributed by atoms with Gasteiger partial charge in [0.2, 0.25) is 5.91 Å². The van der Waals surface area contributed by atoms with E-state index in [1.807, 2.05) is 0 Å². The highest BCUT2D eigenvalue weighted by Crippen LogP contribution is 2.11. The van der Waals surface area contributed by atoms with Crippen molar-refractivity contribution in [2.75, 3.05) is 6.54 Å². The van der Waals surface area contributed by atoms with E-state index < -0.39 is 0 Å². The summed E-state index contributed by atoms with van der Waals surface area (Å²) in [4.78, 5) is 34.8. The number of amides is 3. The molecule has 0 spiro atoms. The third-order valence-electron chi connectivity index (χ3n) is 3.60. The molecule has 6 nitrogen and oxygen atoms in total. The van der Waals surface area contributed by atoms with Crippen LogP contribution in [0.15, 0.2) is 12.2 Å². The van der Waals surface area contributed by atoms with Gasteiger partial charge in [0.1, 0.15) is 0 Å². The summed E-state index contributed by atoms with van der Waals surface area (Å²) >= 11 is 0. The minimum absolute atomic E-state index is 0. The summed E-state index contributed by atoms with van der Waals surface area (Å²) in [6.45, 7) is 0.527. The van der Waals surface area contributed by atoms with Crippen LogP contribution in [0.25, 0.3) is 0 Å². The average molecular weight is 332 g/mol. The second-order valence-electron chi connectivity index (χ2n) is 5.31. The minimum atomic E-state index is -0.193. The number of hydrogen-bond acceptors (Lipinski definition) is 4. The molecule has 0 bridgehead atoms. The second kappa shape index (κ2) is 12.2. The molecule has 0 aromatic carbocycles. The molecule has 0 aliphatic carbocycles. The fourth-order valence-corrected chi connectivity index (χ4v) is 2.34. The van der Waals surface area contributed by atoms with Crippen LogP contribution in [0.2, 0.25) is 0 Å². The van der Waals surface area contributed by atoms with Crippen LogP contribution in [-0.2, 0) is 14.4 Å². The Kier molecular flexibility index (Phi) is 11.4. The highest BCUT2D eigenvalue weighted by atomic mass is 35.5. The molecule has 7 heteroatoms. The largest absolute Gasteiger partial charge is 0.294 e. The van der Waals surface area contributed by atoms with Crippen molar-refractivity contribution in [2.45, 2.75) is 57.8 Å². The molecule has 1 aliphatic heterocycles. The highest BCUT2D eigenvalue weighted by Gasteiger charge is 2.21. The van der Waals surface area contributed by atoms with Crippen molar-refractivity contribution < 1.29 is 14.4 Å². The van der Waals surface area contributed by atoms with Crippen molar-refractivity contribution in [2.24, 2.45) is 5.84 Å². The molecule has 1 aliphatic rings. The summed E-state index contributed by atoms with van der Waals surface area (Å²) in [5.41, 5.74) is 2.12. The summed E-state index contributed by atoms with van der Waals surface area (Å²) in [7, 11) is 0. The number of halogens is 1. The summed E-state index contributed by atoms with van der Waals surface area (Å²) in [5, 5.41) is 0. The van der Waals surface area contributed by atoms with Crippen LogP contribution < -0.4 is 11.3 Å². The van der Waals surface area contributed by atoms with Crippen molar-refractivity contribution in [1.82, 2.24) is 10.3 Å². The van der Waals surface area contributed by atoms with E-state index in [0.29, 0.717) is 13.0 Å². The quantitative estimate of drug-likeness (QED) is 0.199. The lowest BCUT2D eigenvalue weighted by molar-refractivity contribution is -0.136. The Hall–Kier alpha value is -1.40. The number of rotatable bonds is 11. The van der Waals surface area contributed by atoms with E-state index in [2.05, 4.69) is 5.43 Å². The molecule has 0 aromatic rings. The minimum Gasteiger partial charge on any atom is -0.294 e. The summed E-state index contributed by atoms with van der Waals surface area (Å²) in [6.07, 6.45) is 11.6. The van der Waals surface area contributed by atoms with Gasteiger partial charge in [-0.2, -0.15) is 0 Å². The molecule has 0 unspecified atom stereocenters. The normalized spacial score (nSPS) is 13.4. The predicted octanol–water partition coefficient (Wildman–Crippen LogP) is 1.83. The number of carbonyl (C=O) groups is 3. The fourth-order valence-electron chi connectivity index (χ4n) is 2.34. The Morgan fingerprint density at radius 3 is 1.86 bits per heavy atom. The van der Waals surface area contributed by atoms with Crippen LogP contribution in [0.3, 0.4) is 0 Å². The molecule has 0 fully saturated rings. The topological polar surface area (TPSA) is 92.5 Å². The molecule has 3 N–H and O–H groups in total. The van der Waals surface area contributed by atoms with Gasteiger partial charge in [0.05, 0.1) is 0 Å². The zero-order chi connectivity index (χ0) is 15.5. The molecule has 126 valence electrons. The zero-order valence-corrected chi connectivity index (χ0v) is 13.7. The molecule has 1 rings (SSSR count). The Bertz CT molecular complexity index is 381. The molecule has 0 saturated carbocycles. The molecule has 0 atom stereocenters. The van der Waals surface area contributed by atoms with Crippen molar-refractivity contribution in [1.29, 1.82) is 0 Å². The summed E-state index contributed by atoms with van der Waals surface area (Å²) in [6, 6.07) is 0. The maximum absolute atomic E-state index is 11.3. The standard InChI is InChI=1S/C15H25N3O3.ClH/c16-17-13(19)9-7-5-3-1-2-4-6-8-12-18-14(20)10-11-15(18)21;/h10-11H,1-9,12,16H2,(H,17,19);1H. The van der Waals surface area contributed by atoms with E-state index in [1.54, 1.807) is 0 Å². The molecule has 3 amide bonds. The van der Waals surface area contributed by atoms with Crippen LogP contribution in [0.1, 0.15) is 57.8 Å². The third kappa shape index (κ3) is 8.14. The smallest absolute Gasteiger partial charge is 0.253 e. The fraction of sp³-hybridized carbons (Fsp3) is 0.667. The zero-order valence-electron chi connectivity index (χ0n) is 12.9. The summed E-state index contributed by atoms with van der Waals surface area (Å²) < 4.78 is 0. The number of unbranched alkanes of at least 4 members (excludes halogenated alkanes) is 7. The van der Waals surface area contributed by atoms with Gasteiger partial charge >= 0.3 is 0 Å². The number of imide groups is 1. The number of hydrogen-bond donors (Lipinski definition) is 2. The van der Waals surface area contributed by atoms with Gasteiger partial charge in [0.25, 0.3) is 11.8 Å². The van der Waals surface area contributed by atoms with Crippen LogP contribution in [0, 0.1) is 0 Å². The van der Waals surface area contributed by atoms with Crippen molar-refractivity contribution in [3.8, 4) is 0 Å². The van der Waals surface area contributed by atoms with E-state index in [9.17, 15) is 14.4 Å². The lowest BCUT2D eigenvalue weighted by Crippen LogP contribution is -2.30. The van der Waals surface area contributed by atoms with Gasteiger partial charge in [-0.05, 0) is 12.8 Å². The number of hydrazine groups is 1. The number of nitrogens with two attached hydrogens (primary N) is 1. The van der Waals surface area contributed by atoms with Crippen LogP contribution in [0.5, 0.6) is 0 Å². The highest BCUT2D eigenvalue weighted by molar-refractivity contribution is 6.12. The number of nitrogens with one attached hydrogen (secondary N) is 1. The number of carbonyl (C=O) groups excluding carboxylic acids is 3. The first-order valence-electron chi connectivity index (χ1n) is 7.68. The first-order chi connectivity index (χ1) is 10.1.